The predicted molar refractivity (Wildman–Crippen MR) is 70.7 cm³/mol. The number of nitrogens with zero attached hydrogens (tertiary/aromatic N) is 1. The number of aliphatic hydroxyl groups excluding tert-OH is 1. The largest absolute Gasteiger partial charge is 0.391 e. The molecule has 0 aromatic carbocycles. The molecule has 1 fully saturated rings. The van der Waals surface area contributed by atoms with Crippen molar-refractivity contribution in [1.82, 2.24) is 10.5 Å². The Bertz CT molecular complexity index is 440. The van der Waals surface area contributed by atoms with E-state index < -0.39 is 17.9 Å². The zero-order valence-corrected chi connectivity index (χ0v) is 11.2. The number of rotatable bonds is 4. The van der Waals surface area contributed by atoms with Crippen LogP contribution in [-0.4, -0.2) is 34.7 Å². The fourth-order valence-corrected chi connectivity index (χ4v) is 2.41. The minimum absolute atomic E-state index is 0.0930. The van der Waals surface area contributed by atoms with E-state index in [4.69, 9.17) is 0 Å². The fraction of sp³-hybridized carbons (Fsp3) is 0.615. The van der Waals surface area contributed by atoms with Crippen molar-refractivity contribution in [2.45, 2.75) is 38.2 Å². The zero-order valence-electron chi connectivity index (χ0n) is 11.2. The average molecular weight is 281 g/mol. The van der Waals surface area contributed by atoms with Gasteiger partial charge >= 0.3 is 11.8 Å². The van der Waals surface area contributed by atoms with Crippen molar-refractivity contribution in [3.05, 3.63) is 12.3 Å². The van der Waals surface area contributed by atoms with Gasteiger partial charge in [0.1, 0.15) is 6.26 Å². The van der Waals surface area contributed by atoms with Crippen LogP contribution in [0.1, 0.15) is 32.1 Å². The van der Waals surface area contributed by atoms with E-state index in [1.165, 1.54) is 18.8 Å². The van der Waals surface area contributed by atoms with E-state index in [0.29, 0.717) is 0 Å². The maximum Gasteiger partial charge on any atom is 0.314 e. The van der Waals surface area contributed by atoms with E-state index in [2.05, 4.69) is 20.3 Å². The molecular weight excluding hydrogens is 262 g/mol. The number of amides is 2. The van der Waals surface area contributed by atoms with Gasteiger partial charge in [0.25, 0.3) is 0 Å². The first kappa shape index (κ1) is 14.5. The molecule has 110 valence electrons. The van der Waals surface area contributed by atoms with Crippen molar-refractivity contribution in [3.63, 3.8) is 0 Å². The van der Waals surface area contributed by atoms with E-state index in [9.17, 15) is 14.7 Å². The predicted octanol–water partition coefficient (Wildman–Crippen LogP) is 0.670. The van der Waals surface area contributed by atoms with Crippen molar-refractivity contribution in [3.8, 4) is 0 Å². The highest BCUT2D eigenvalue weighted by atomic mass is 16.5. The van der Waals surface area contributed by atoms with Gasteiger partial charge in [-0.3, -0.25) is 14.9 Å². The number of hydrogen-bond donors (Lipinski definition) is 3. The summed E-state index contributed by atoms with van der Waals surface area (Å²) in [6.45, 7) is 0.0930. The molecule has 0 unspecified atom stereocenters. The summed E-state index contributed by atoms with van der Waals surface area (Å²) in [7, 11) is 0. The molecule has 0 radical (unpaired) electrons. The van der Waals surface area contributed by atoms with Crippen LogP contribution in [-0.2, 0) is 9.59 Å². The number of anilines is 1. The second kappa shape index (κ2) is 7.04. The summed E-state index contributed by atoms with van der Waals surface area (Å²) in [4.78, 5) is 23.1. The first-order valence-corrected chi connectivity index (χ1v) is 6.84. The molecule has 0 bridgehead atoms. The van der Waals surface area contributed by atoms with Gasteiger partial charge in [0, 0.05) is 12.6 Å². The Balaban J connectivity index is 1.72. The van der Waals surface area contributed by atoms with Crippen molar-refractivity contribution in [2.75, 3.05) is 11.9 Å². The molecule has 1 aliphatic carbocycles. The fourth-order valence-electron chi connectivity index (χ4n) is 2.41. The molecule has 1 aliphatic rings. The summed E-state index contributed by atoms with van der Waals surface area (Å²) in [5, 5.41) is 18.2. The first-order valence-electron chi connectivity index (χ1n) is 6.84. The Morgan fingerprint density at radius 2 is 2.10 bits per heavy atom. The van der Waals surface area contributed by atoms with Gasteiger partial charge in [0.15, 0.2) is 5.82 Å². The zero-order chi connectivity index (χ0) is 14.4. The van der Waals surface area contributed by atoms with Crippen LogP contribution in [0.15, 0.2) is 16.9 Å². The smallest absolute Gasteiger partial charge is 0.314 e. The van der Waals surface area contributed by atoms with Crippen molar-refractivity contribution < 1.29 is 19.2 Å². The second-order valence-corrected chi connectivity index (χ2v) is 5.01. The summed E-state index contributed by atoms with van der Waals surface area (Å²) >= 11 is 0. The normalized spacial score (nSPS) is 17.4. The van der Waals surface area contributed by atoms with Crippen LogP contribution in [0, 0.1) is 5.92 Å². The molecule has 0 aliphatic heterocycles. The lowest BCUT2D eigenvalue weighted by molar-refractivity contribution is -0.136. The third kappa shape index (κ3) is 4.06. The van der Waals surface area contributed by atoms with Gasteiger partial charge in [-0.25, -0.2) is 0 Å². The monoisotopic (exact) mass is 281 g/mol. The van der Waals surface area contributed by atoms with Crippen LogP contribution in [0.4, 0.5) is 5.82 Å². The van der Waals surface area contributed by atoms with E-state index in [1.807, 2.05) is 0 Å². The maximum atomic E-state index is 11.6. The Morgan fingerprint density at radius 1 is 1.35 bits per heavy atom. The molecule has 0 spiro atoms. The SMILES string of the molecule is O=C(NC[C@@H](O)C1CCCCC1)C(=O)Nc1ccon1. The van der Waals surface area contributed by atoms with Crippen LogP contribution >= 0.6 is 0 Å². The minimum Gasteiger partial charge on any atom is -0.391 e. The first-order chi connectivity index (χ1) is 9.66. The number of aromatic nitrogens is 1. The van der Waals surface area contributed by atoms with Crippen LogP contribution < -0.4 is 10.6 Å². The Labute approximate surface area is 116 Å². The molecule has 1 heterocycles. The van der Waals surface area contributed by atoms with Crippen LogP contribution in [0.25, 0.3) is 0 Å². The molecule has 1 aromatic rings. The summed E-state index contributed by atoms with van der Waals surface area (Å²) in [5.41, 5.74) is 0. The lowest BCUT2D eigenvalue weighted by Crippen LogP contribution is -2.42. The van der Waals surface area contributed by atoms with Gasteiger partial charge in [0.2, 0.25) is 0 Å². The standard InChI is InChI=1S/C13H19N3O4/c17-10(9-4-2-1-3-5-9)8-14-12(18)13(19)15-11-6-7-20-16-11/h6-7,9-10,17H,1-5,8H2,(H,14,18)(H,15,16,19)/t10-/m1/s1. The molecule has 1 aromatic heterocycles. The highest BCUT2D eigenvalue weighted by Crippen LogP contribution is 2.26. The second-order valence-electron chi connectivity index (χ2n) is 5.01. The highest BCUT2D eigenvalue weighted by molar-refractivity contribution is 6.39. The number of carbonyl (C=O) groups is 2. The third-order valence-electron chi connectivity index (χ3n) is 3.55. The molecule has 1 saturated carbocycles. The van der Waals surface area contributed by atoms with Gasteiger partial charge in [-0.05, 0) is 18.8 Å². The molecule has 1 atom stereocenters. The molecule has 7 nitrogen and oxygen atoms in total. The van der Waals surface area contributed by atoms with Crippen LogP contribution in [0.2, 0.25) is 0 Å². The number of carbonyl (C=O) groups excluding carboxylic acids is 2. The number of hydrogen-bond acceptors (Lipinski definition) is 5. The maximum absolute atomic E-state index is 11.6. The molecular formula is C13H19N3O4. The molecule has 20 heavy (non-hydrogen) atoms. The minimum atomic E-state index is -0.824. The topological polar surface area (TPSA) is 104 Å². The molecule has 3 N–H and O–H groups in total. The van der Waals surface area contributed by atoms with Gasteiger partial charge in [0.05, 0.1) is 6.10 Å². The summed E-state index contributed by atoms with van der Waals surface area (Å²) in [5.74, 6) is -1.22. The number of nitrogens with one attached hydrogen (secondary N) is 2. The Hall–Kier alpha value is -1.89. The quantitative estimate of drug-likeness (QED) is 0.704. The van der Waals surface area contributed by atoms with Gasteiger partial charge < -0.3 is 14.9 Å². The van der Waals surface area contributed by atoms with Gasteiger partial charge in [-0.1, -0.05) is 24.4 Å². The molecule has 0 saturated heterocycles. The molecule has 7 heteroatoms. The Kier molecular flexibility index (Phi) is 5.11. The van der Waals surface area contributed by atoms with E-state index >= 15 is 0 Å². The highest BCUT2D eigenvalue weighted by Gasteiger charge is 2.23. The van der Waals surface area contributed by atoms with E-state index in [0.717, 1.165) is 25.7 Å². The number of aliphatic hydroxyl groups is 1. The Morgan fingerprint density at radius 3 is 2.75 bits per heavy atom. The third-order valence-corrected chi connectivity index (χ3v) is 3.55. The summed E-state index contributed by atoms with van der Waals surface area (Å²) in [6.07, 6.45) is 6.07. The van der Waals surface area contributed by atoms with Crippen molar-refractivity contribution in [1.29, 1.82) is 0 Å². The lowest BCUT2D eigenvalue weighted by atomic mass is 9.85. The van der Waals surface area contributed by atoms with E-state index in [1.54, 1.807) is 0 Å². The lowest BCUT2D eigenvalue weighted by Gasteiger charge is -2.26. The van der Waals surface area contributed by atoms with Crippen LogP contribution in [0.5, 0.6) is 0 Å². The van der Waals surface area contributed by atoms with Crippen molar-refractivity contribution >= 4 is 17.6 Å². The average Bonchev–Trinajstić information content (AvgIpc) is 2.98. The summed E-state index contributed by atoms with van der Waals surface area (Å²) in [6, 6.07) is 1.43. The summed E-state index contributed by atoms with van der Waals surface area (Å²) < 4.78 is 4.54. The van der Waals surface area contributed by atoms with Gasteiger partial charge in [-0.15, -0.1) is 0 Å². The van der Waals surface area contributed by atoms with E-state index in [-0.39, 0.29) is 18.3 Å². The van der Waals surface area contributed by atoms with Crippen molar-refractivity contribution in [2.24, 2.45) is 5.92 Å². The van der Waals surface area contributed by atoms with Crippen LogP contribution in [0.3, 0.4) is 0 Å². The molecule has 2 amide bonds. The van der Waals surface area contributed by atoms with Gasteiger partial charge in [-0.2, -0.15) is 0 Å². The molecule has 2 rings (SSSR count).